The summed E-state index contributed by atoms with van der Waals surface area (Å²) in [5, 5.41) is 7.22. The molecule has 0 saturated heterocycles. The summed E-state index contributed by atoms with van der Waals surface area (Å²) in [5.74, 6) is -1.00. The number of aromatic nitrogens is 3. The van der Waals surface area contributed by atoms with Crippen molar-refractivity contribution in [2.75, 3.05) is 40.8 Å². The summed E-state index contributed by atoms with van der Waals surface area (Å²) >= 11 is 0. The molecule has 3 aromatic carbocycles. The number of nitrogens with zero attached hydrogens (tertiary/aromatic N) is 5. The van der Waals surface area contributed by atoms with E-state index in [0.29, 0.717) is 37.0 Å². The quantitative estimate of drug-likeness (QED) is 0.123. The third kappa shape index (κ3) is 9.28. The monoisotopic (exact) mass is 779 g/mol. The normalized spacial score (nSPS) is 14.3. The molecule has 0 unspecified atom stereocenters. The first-order valence-corrected chi connectivity index (χ1v) is 19.2. The number of hydrogen-bond acceptors (Lipinski definition) is 9. The Hall–Kier alpha value is -5.84. The van der Waals surface area contributed by atoms with Crippen LogP contribution in [0.4, 0.5) is 34.6 Å². The van der Waals surface area contributed by atoms with Crippen molar-refractivity contribution in [2.45, 2.75) is 44.5 Å². The van der Waals surface area contributed by atoms with E-state index in [9.17, 15) is 30.8 Å². The molecule has 2 N–H and O–H groups in total. The highest BCUT2D eigenvalue weighted by Gasteiger charge is 2.34. The van der Waals surface area contributed by atoms with Crippen LogP contribution in [-0.2, 0) is 27.1 Å². The number of hydrogen-bond donors (Lipinski definition) is 2. The fourth-order valence-electron chi connectivity index (χ4n) is 6.49. The molecule has 12 nitrogen and oxygen atoms in total. The van der Waals surface area contributed by atoms with Crippen LogP contribution in [0.3, 0.4) is 0 Å². The molecule has 1 aliphatic heterocycles. The van der Waals surface area contributed by atoms with E-state index < -0.39 is 27.9 Å². The van der Waals surface area contributed by atoms with E-state index >= 15 is 0 Å². The van der Waals surface area contributed by atoms with Gasteiger partial charge in [-0.15, -0.1) is 13.2 Å². The number of carbonyl (C=O) groups excluding carboxylic acids is 1. The van der Waals surface area contributed by atoms with Gasteiger partial charge in [-0.3, -0.25) is 9.52 Å². The van der Waals surface area contributed by atoms with Gasteiger partial charge in [0.2, 0.25) is 10.0 Å². The predicted octanol–water partition coefficient (Wildman–Crippen LogP) is 6.42. The highest BCUT2D eigenvalue weighted by Crippen LogP contribution is 2.42. The molecule has 17 heteroatoms. The van der Waals surface area contributed by atoms with Gasteiger partial charge in [-0.1, -0.05) is 18.2 Å². The van der Waals surface area contributed by atoms with Gasteiger partial charge in [0, 0.05) is 50.2 Å². The van der Waals surface area contributed by atoms with Gasteiger partial charge in [0.05, 0.1) is 29.0 Å². The molecule has 1 aliphatic carbocycles. The molecule has 1 fully saturated rings. The largest absolute Gasteiger partial charge is 0.573 e. The number of benzene rings is 3. The first-order valence-electron chi connectivity index (χ1n) is 17.5. The lowest BCUT2D eigenvalue weighted by molar-refractivity contribution is -0.274. The maximum Gasteiger partial charge on any atom is 0.573 e. The number of amides is 1. The number of carbonyl (C=O) groups is 1. The Kier molecular flexibility index (Phi) is 10.6. The Bertz CT molecular complexity index is 2280. The third-order valence-corrected chi connectivity index (χ3v) is 10.3. The van der Waals surface area contributed by atoms with Crippen molar-refractivity contribution in [1.82, 2.24) is 20.1 Å². The van der Waals surface area contributed by atoms with Gasteiger partial charge in [0.25, 0.3) is 5.91 Å². The van der Waals surface area contributed by atoms with E-state index in [1.165, 1.54) is 35.1 Å². The molecule has 288 valence electrons. The molecule has 0 spiro atoms. The molecule has 2 aliphatic rings. The third-order valence-electron chi connectivity index (χ3n) is 9.05. The van der Waals surface area contributed by atoms with Crippen molar-refractivity contribution in [3.8, 4) is 28.4 Å². The van der Waals surface area contributed by atoms with E-state index in [1.807, 2.05) is 19.1 Å². The maximum absolute atomic E-state index is 14.6. The summed E-state index contributed by atoms with van der Waals surface area (Å²) < 4.78 is 92.4. The molecule has 55 heavy (non-hydrogen) atoms. The average Bonchev–Trinajstić information content (AvgIpc) is 3.87. The first-order chi connectivity index (χ1) is 26.3. The van der Waals surface area contributed by atoms with Crippen LogP contribution < -0.4 is 29.3 Å². The van der Waals surface area contributed by atoms with Crippen molar-refractivity contribution in [1.29, 1.82) is 0 Å². The number of ether oxygens (including phenoxy) is 2. The van der Waals surface area contributed by atoms with Gasteiger partial charge < -0.3 is 24.6 Å². The number of pyridine rings is 1. The molecule has 2 aromatic heterocycles. The summed E-state index contributed by atoms with van der Waals surface area (Å²) in [6.07, 6.45) is 2.11. The van der Waals surface area contributed by atoms with Crippen LogP contribution >= 0.6 is 0 Å². The number of anilines is 3. The zero-order valence-electron chi connectivity index (χ0n) is 29.6. The second-order valence-electron chi connectivity index (χ2n) is 13.1. The zero-order chi connectivity index (χ0) is 38.7. The summed E-state index contributed by atoms with van der Waals surface area (Å²) in [6.45, 7) is 3.97. The number of sulfonamides is 1. The number of halogens is 4. The SMILES string of the molecule is CCNC(=O)COc1ccc(CN2CCN(C3CC3)c3ccc(F)cc32)c(-c2cnn(-c3ncccc3NS(=O)(=O)Cc3ccc(OC(F)(F)F)cc3)c2)c1. The maximum atomic E-state index is 14.6. The molecule has 3 heterocycles. The topological polar surface area (TPSA) is 131 Å². The van der Waals surface area contributed by atoms with Gasteiger partial charge in [0.15, 0.2) is 12.4 Å². The Labute approximate surface area is 314 Å². The highest BCUT2D eigenvalue weighted by atomic mass is 32.2. The van der Waals surface area contributed by atoms with Crippen molar-refractivity contribution in [2.24, 2.45) is 0 Å². The fraction of sp³-hybridized carbons (Fsp3) is 0.289. The van der Waals surface area contributed by atoms with E-state index in [2.05, 4.69) is 34.7 Å². The van der Waals surface area contributed by atoms with Crippen molar-refractivity contribution in [3.05, 3.63) is 108 Å². The van der Waals surface area contributed by atoms with Gasteiger partial charge in [-0.25, -0.2) is 22.5 Å². The summed E-state index contributed by atoms with van der Waals surface area (Å²) in [7, 11) is -4.07. The minimum Gasteiger partial charge on any atom is -0.484 e. The van der Waals surface area contributed by atoms with Crippen LogP contribution in [0.5, 0.6) is 11.5 Å². The minimum absolute atomic E-state index is 0.112. The smallest absolute Gasteiger partial charge is 0.484 e. The fourth-order valence-corrected chi connectivity index (χ4v) is 7.69. The van der Waals surface area contributed by atoms with Crippen LogP contribution in [0, 0.1) is 5.82 Å². The molecule has 1 saturated carbocycles. The van der Waals surface area contributed by atoms with E-state index in [-0.39, 0.29) is 35.4 Å². The highest BCUT2D eigenvalue weighted by molar-refractivity contribution is 7.91. The average molecular weight is 780 g/mol. The molecule has 5 aromatic rings. The van der Waals surface area contributed by atoms with Crippen LogP contribution in [0.1, 0.15) is 30.9 Å². The van der Waals surface area contributed by atoms with Crippen molar-refractivity contribution in [3.63, 3.8) is 0 Å². The number of likely N-dealkylation sites (N-methyl/N-ethyl adjacent to an activating group) is 1. The summed E-state index contributed by atoms with van der Waals surface area (Å²) in [5.41, 5.74) is 4.36. The molecular formula is C38H37F4N7O5S. The van der Waals surface area contributed by atoms with Crippen LogP contribution in [0.15, 0.2) is 91.4 Å². The van der Waals surface area contributed by atoms with Crippen LogP contribution in [0.25, 0.3) is 16.9 Å². The standard InChI is InChI=1S/C38H37F4N7O5S/c1-2-43-36(50)23-53-31-13-7-26(21-47-16-17-48(29-9-10-29)34-14-8-28(39)18-35(34)47)32(19-31)27-20-45-49(22-27)37-33(4-3-15-44-37)46-55(51,52)24-25-5-11-30(12-6-25)54-38(40,41)42/h3-8,11-15,18-20,22,29,46H,2,9-10,16-17,21,23-24H2,1H3,(H,43,50). The lowest BCUT2D eigenvalue weighted by Gasteiger charge is -2.39. The minimum atomic E-state index is -4.87. The Morgan fingerprint density at radius 3 is 2.51 bits per heavy atom. The van der Waals surface area contributed by atoms with E-state index in [4.69, 9.17) is 4.74 Å². The number of nitrogens with one attached hydrogen (secondary N) is 2. The first kappa shape index (κ1) is 37.5. The molecule has 0 radical (unpaired) electrons. The number of fused-ring (bicyclic) bond motifs is 1. The molecule has 0 atom stereocenters. The number of rotatable bonds is 14. The van der Waals surface area contributed by atoms with Gasteiger partial charge >= 0.3 is 6.36 Å². The second-order valence-corrected chi connectivity index (χ2v) is 14.9. The van der Waals surface area contributed by atoms with Crippen LogP contribution in [-0.4, -0.2) is 67.7 Å². The predicted molar refractivity (Wildman–Crippen MR) is 198 cm³/mol. The molecule has 1 amide bonds. The second kappa shape index (κ2) is 15.5. The molecule has 7 rings (SSSR count). The van der Waals surface area contributed by atoms with Gasteiger partial charge in [0.1, 0.15) is 17.3 Å². The zero-order valence-corrected chi connectivity index (χ0v) is 30.4. The molecular weight excluding hydrogens is 743 g/mol. The lowest BCUT2D eigenvalue weighted by Crippen LogP contribution is -2.42. The van der Waals surface area contributed by atoms with Gasteiger partial charge in [-0.2, -0.15) is 5.10 Å². The number of alkyl halides is 3. The lowest BCUT2D eigenvalue weighted by atomic mass is 10.0. The van der Waals surface area contributed by atoms with Crippen molar-refractivity contribution < 1.29 is 40.2 Å². The van der Waals surface area contributed by atoms with Gasteiger partial charge in [-0.05, 0) is 91.1 Å². The Morgan fingerprint density at radius 2 is 1.76 bits per heavy atom. The van der Waals surface area contributed by atoms with E-state index in [0.717, 1.165) is 54.0 Å². The van der Waals surface area contributed by atoms with Crippen molar-refractivity contribution >= 4 is 33.0 Å². The Balaban J connectivity index is 1.16. The summed E-state index contributed by atoms with van der Waals surface area (Å²) in [6, 6.07) is 18.4. The van der Waals surface area contributed by atoms with E-state index in [1.54, 1.807) is 36.7 Å². The Morgan fingerprint density at radius 1 is 0.982 bits per heavy atom. The molecule has 0 bridgehead atoms. The van der Waals surface area contributed by atoms with Crippen LogP contribution in [0.2, 0.25) is 0 Å². The summed E-state index contributed by atoms with van der Waals surface area (Å²) in [4.78, 5) is 21.1.